The fraction of sp³-hybridized carbons (Fsp3) is 0.164. The number of rotatable bonds is 7. The van der Waals surface area contributed by atoms with Crippen molar-refractivity contribution in [1.82, 2.24) is 4.57 Å². The zero-order valence-corrected chi connectivity index (χ0v) is 37.3. The van der Waals surface area contributed by atoms with Gasteiger partial charge in [0.05, 0.1) is 23.3 Å². The average Bonchev–Trinajstić information content (AvgIpc) is 3.66. The molecule has 4 nitrogen and oxygen atoms in total. The van der Waals surface area contributed by atoms with E-state index in [1.54, 1.807) is 6.07 Å². The van der Waals surface area contributed by atoms with Crippen LogP contribution in [0.3, 0.4) is 0 Å². The van der Waals surface area contributed by atoms with E-state index >= 15 is 0 Å². The molecule has 1 heterocycles. The standard InChI is InChI=1S/C34H32N2O.C27H21N/c1-24-11-8-9-16-28(21-24)33-29(17-10-18-32(33)37)27-19-20-30(31(35)22-27)34(26-14-6-3-7-15-26)36-23-25-12-4-2-5-13-25;1-27(2)23-14-8-6-12-19(23)21-16-22-20-13-7-9-15-25(20)28(26(22)17-24(21)27)18-10-4-3-5-11-18/h2-7,10,12-15,17-21,24,31,37H,8,11,22-23,35H2,1H3;3-17H,1-2H3. The number of hydrogen-bond acceptors (Lipinski definition) is 3. The van der Waals surface area contributed by atoms with Crippen molar-refractivity contribution in [3.05, 3.63) is 227 Å². The third-order valence-electron chi connectivity index (χ3n) is 13.3. The van der Waals surface area contributed by atoms with Crippen LogP contribution in [0.2, 0.25) is 0 Å². The van der Waals surface area contributed by atoms with Gasteiger partial charge in [0.15, 0.2) is 0 Å². The maximum absolute atomic E-state index is 10.9. The van der Waals surface area contributed by atoms with Crippen LogP contribution in [0.1, 0.15) is 73.4 Å². The minimum Gasteiger partial charge on any atom is -0.507 e. The molecule has 3 aliphatic carbocycles. The molecule has 65 heavy (non-hydrogen) atoms. The van der Waals surface area contributed by atoms with E-state index in [0.717, 1.165) is 57.5 Å². The smallest absolute Gasteiger partial charge is 0.124 e. The molecule has 0 saturated carbocycles. The fourth-order valence-corrected chi connectivity index (χ4v) is 10.0. The minimum absolute atomic E-state index is 0.0120. The van der Waals surface area contributed by atoms with Gasteiger partial charge in [0, 0.05) is 51.0 Å². The van der Waals surface area contributed by atoms with E-state index < -0.39 is 0 Å². The van der Waals surface area contributed by atoms with E-state index in [-0.39, 0.29) is 17.2 Å². The van der Waals surface area contributed by atoms with Gasteiger partial charge in [0.2, 0.25) is 0 Å². The zero-order chi connectivity index (χ0) is 44.5. The Hall–Kier alpha value is -7.45. The lowest BCUT2D eigenvalue weighted by Gasteiger charge is -2.25. The summed E-state index contributed by atoms with van der Waals surface area (Å²) in [6, 6.07) is 59.1. The van der Waals surface area contributed by atoms with Crippen molar-refractivity contribution >= 4 is 38.7 Å². The molecule has 2 unspecified atom stereocenters. The van der Waals surface area contributed by atoms with Gasteiger partial charge in [-0.25, -0.2) is 0 Å². The monoisotopic (exact) mass is 843 g/mol. The Morgan fingerprint density at radius 2 is 1.40 bits per heavy atom. The summed E-state index contributed by atoms with van der Waals surface area (Å²) in [6.45, 7) is 7.48. The van der Waals surface area contributed by atoms with Crippen molar-refractivity contribution in [2.45, 2.75) is 58.0 Å². The Morgan fingerprint density at radius 3 is 2.18 bits per heavy atom. The molecule has 7 aromatic carbocycles. The molecule has 0 bridgehead atoms. The summed E-state index contributed by atoms with van der Waals surface area (Å²) in [5.74, 6) is 7.21. The lowest BCUT2D eigenvalue weighted by atomic mass is 9.82. The largest absolute Gasteiger partial charge is 0.507 e. The van der Waals surface area contributed by atoms with E-state index in [1.807, 2.05) is 42.5 Å². The van der Waals surface area contributed by atoms with Gasteiger partial charge in [0.25, 0.3) is 0 Å². The first-order chi connectivity index (χ1) is 31.8. The number of phenols is 1. The first-order valence-corrected chi connectivity index (χ1v) is 22.8. The van der Waals surface area contributed by atoms with Crippen LogP contribution in [0.15, 0.2) is 199 Å². The Labute approximate surface area is 382 Å². The first-order valence-electron chi connectivity index (χ1n) is 22.8. The van der Waals surface area contributed by atoms with Gasteiger partial charge in [-0.3, -0.25) is 4.99 Å². The average molecular weight is 844 g/mol. The molecule has 0 amide bonds. The van der Waals surface area contributed by atoms with E-state index in [9.17, 15) is 5.11 Å². The molecule has 1 aromatic heterocycles. The second-order valence-electron chi connectivity index (χ2n) is 18.0. The summed E-state index contributed by atoms with van der Waals surface area (Å²) in [7, 11) is 0. The third-order valence-corrected chi connectivity index (χ3v) is 13.3. The highest BCUT2D eigenvalue weighted by molar-refractivity contribution is 6.14. The van der Waals surface area contributed by atoms with Crippen molar-refractivity contribution in [2.24, 2.45) is 16.6 Å². The van der Waals surface area contributed by atoms with Crippen LogP contribution < -0.4 is 5.73 Å². The molecule has 0 aliphatic heterocycles. The van der Waals surface area contributed by atoms with Crippen LogP contribution in [0.5, 0.6) is 5.75 Å². The van der Waals surface area contributed by atoms with Gasteiger partial charge < -0.3 is 15.4 Å². The number of nitrogens with zero attached hydrogens (tertiary/aromatic N) is 2. The number of aromatic nitrogens is 1. The van der Waals surface area contributed by atoms with Crippen molar-refractivity contribution in [3.63, 3.8) is 0 Å². The van der Waals surface area contributed by atoms with Crippen molar-refractivity contribution in [3.8, 4) is 34.4 Å². The molecule has 3 N–H and O–H groups in total. The number of aliphatic imine (C=N–C) groups is 1. The normalized spacial score (nSPS) is 17.4. The molecule has 0 fully saturated rings. The van der Waals surface area contributed by atoms with Gasteiger partial charge >= 0.3 is 0 Å². The predicted octanol–water partition coefficient (Wildman–Crippen LogP) is 14.0. The number of aromatic hydroxyl groups is 1. The lowest BCUT2D eigenvalue weighted by Crippen LogP contribution is -2.30. The SMILES string of the molecule is CC1(C)c2ccccc2-c2cc3c4ccccc4n(-c4ccccc4)c3cc21.CC1C=C(c2c(O)cccc2C2=CC=C(C(=NCc3ccccc3)c3ccccc3)C(N)C2)C#CCC1. The van der Waals surface area contributed by atoms with Crippen LogP contribution >= 0.6 is 0 Å². The van der Waals surface area contributed by atoms with E-state index in [2.05, 4.69) is 177 Å². The Bertz CT molecular complexity index is 3260. The number of allylic oxidation sites excluding steroid dienone is 4. The highest BCUT2D eigenvalue weighted by Gasteiger charge is 2.36. The highest BCUT2D eigenvalue weighted by Crippen LogP contribution is 2.51. The molecule has 2 atom stereocenters. The molecule has 0 saturated heterocycles. The van der Waals surface area contributed by atoms with Gasteiger partial charge in [-0.05, 0) is 99.7 Å². The number of para-hydroxylation sites is 2. The maximum atomic E-state index is 10.9. The van der Waals surface area contributed by atoms with Crippen LogP contribution in [-0.4, -0.2) is 21.4 Å². The topological polar surface area (TPSA) is 63.5 Å². The van der Waals surface area contributed by atoms with Crippen LogP contribution in [-0.2, 0) is 12.0 Å². The molecule has 8 aromatic rings. The van der Waals surface area contributed by atoms with Crippen LogP contribution in [0.4, 0.5) is 0 Å². The summed E-state index contributed by atoms with van der Waals surface area (Å²) in [6.07, 6.45) is 8.97. The van der Waals surface area contributed by atoms with Gasteiger partial charge in [-0.1, -0.05) is 184 Å². The molecular formula is C61H53N3O. The Morgan fingerprint density at radius 1 is 0.708 bits per heavy atom. The first kappa shape index (κ1) is 41.6. The maximum Gasteiger partial charge on any atom is 0.124 e. The third kappa shape index (κ3) is 7.94. The van der Waals surface area contributed by atoms with Gasteiger partial charge in [-0.15, -0.1) is 0 Å². The second kappa shape index (κ2) is 17.6. The van der Waals surface area contributed by atoms with E-state index in [0.29, 0.717) is 18.9 Å². The van der Waals surface area contributed by atoms with E-state index in [4.69, 9.17) is 10.7 Å². The van der Waals surface area contributed by atoms with Gasteiger partial charge in [-0.2, -0.15) is 0 Å². The summed E-state index contributed by atoms with van der Waals surface area (Å²) < 4.78 is 2.41. The summed E-state index contributed by atoms with van der Waals surface area (Å²) in [5.41, 5.74) is 24.2. The Kier molecular flexibility index (Phi) is 11.3. The molecule has 0 radical (unpaired) electrons. The van der Waals surface area contributed by atoms with Crippen molar-refractivity contribution in [2.75, 3.05) is 0 Å². The quantitative estimate of drug-likeness (QED) is 0.124. The molecular weight excluding hydrogens is 791 g/mol. The number of hydrogen-bond donors (Lipinski definition) is 2. The van der Waals surface area contributed by atoms with Crippen LogP contribution in [0.25, 0.3) is 49.8 Å². The molecule has 11 rings (SSSR count). The highest BCUT2D eigenvalue weighted by atomic mass is 16.3. The van der Waals surface area contributed by atoms with Crippen molar-refractivity contribution < 1.29 is 5.11 Å². The molecule has 3 aliphatic rings. The molecule has 4 heteroatoms. The fourth-order valence-electron chi connectivity index (χ4n) is 10.0. The number of benzene rings is 7. The molecule has 0 spiro atoms. The lowest BCUT2D eigenvalue weighted by molar-refractivity contribution is 0.473. The van der Waals surface area contributed by atoms with Gasteiger partial charge in [0.1, 0.15) is 5.75 Å². The molecule has 318 valence electrons. The summed E-state index contributed by atoms with van der Waals surface area (Å²) in [4.78, 5) is 5.03. The Balaban J connectivity index is 0.000000159. The number of fused-ring (bicyclic) bond motifs is 6. The summed E-state index contributed by atoms with van der Waals surface area (Å²) >= 11 is 0. The minimum atomic E-state index is -0.224. The zero-order valence-electron chi connectivity index (χ0n) is 37.3. The summed E-state index contributed by atoms with van der Waals surface area (Å²) in [5, 5.41) is 13.5. The second-order valence-corrected chi connectivity index (χ2v) is 18.0. The van der Waals surface area contributed by atoms with E-state index in [1.165, 1.54) is 49.7 Å². The predicted molar refractivity (Wildman–Crippen MR) is 272 cm³/mol. The van der Waals surface area contributed by atoms with Crippen molar-refractivity contribution in [1.29, 1.82) is 0 Å². The van der Waals surface area contributed by atoms with Crippen LogP contribution in [0, 0.1) is 17.8 Å². The number of phenolic OH excluding ortho intramolecular Hbond substituents is 1. The number of nitrogens with two attached hydrogens (primary N) is 1.